The smallest absolute Gasteiger partial charge is 0.142 e. The van der Waals surface area contributed by atoms with Crippen LogP contribution in [0, 0.1) is 0 Å². The number of ether oxygens (including phenoxy) is 2. The van der Waals surface area contributed by atoms with Crippen LogP contribution in [-0.4, -0.2) is 26.3 Å². The lowest BCUT2D eigenvalue weighted by Crippen LogP contribution is -2.20. The molecule has 5 heteroatoms. The predicted octanol–water partition coefficient (Wildman–Crippen LogP) is 3.06. The van der Waals surface area contributed by atoms with Gasteiger partial charge < -0.3 is 14.8 Å². The Labute approximate surface area is 123 Å². The van der Waals surface area contributed by atoms with E-state index in [9.17, 15) is 0 Å². The fourth-order valence-electron chi connectivity index (χ4n) is 2.16. The molecule has 4 nitrogen and oxygen atoms in total. The number of hydrogen-bond donors (Lipinski definition) is 1. The fourth-order valence-corrected chi connectivity index (χ4v) is 2.34. The molecule has 0 fully saturated rings. The van der Waals surface area contributed by atoms with E-state index in [0.717, 1.165) is 17.0 Å². The third kappa shape index (κ3) is 2.86. The zero-order chi connectivity index (χ0) is 14.5. The molecule has 106 valence electrons. The van der Waals surface area contributed by atoms with Gasteiger partial charge in [-0.15, -0.1) is 0 Å². The second-order valence-electron chi connectivity index (χ2n) is 4.20. The molecule has 0 spiro atoms. The molecule has 1 atom stereocenters. The van der Waals surface area contributed by atoms with Crippen molar-refractivity contribution in [2.75, 3.05) is 21.3 Å². The molecule has 0 aliphatic heterocycles. The summed E-state index contributed by atoms with van der Waals surface area (Å²) in [7, 11) is 5.12. The summed E-state index contributed by atoms with van der Waals surface area (Å²) < 4.78 is 10.8. The molecular weight excluding hydrogens is 276 g/mol. The number of rotatable bonds is 5. The van der Waals surface area contributed by atoms with Crippen LogP contribution in [0.1, 0.15) is 17.3 Å². The van der Waals surface area contributed by atoms with Crippen molar-refractivity contribution in [3.63, 3.8) is 0 Å². The van der Waals surface area contributed by atoms with Crippen LogP contribution in [0.15, 0.2) is 36.5 Å². The Morgan fingerprint density at radius 2 is 1.90 bits per heavy atom. The number of methoxy groups -OCH3 is 2. The standard InChI is InChI=1S/C15H17ClN2O2/c1-17-14(15-13(20-3)5-4-8-18-15)11-9-10(16)6-7-12(11)19-2/h4-9,14,17H,1-3H3. The van der Waals surface area contributed by atoms with Crippen LogP contribution in [0.2, 0.25) is 5.02 Å². The average molecular weight is 293 g/mol. The van der Waals surface area contributed by atoms with Crippen molar-refractivity contribution in [2.45, 2.75) is 6.04 Å². The average Bonchev–Trinajstić information content (AvgIpc) is 2.49. The van der Waals surface area contributed by atoms with Crippen molar-refractivity contribution >= 4 is 11.6 Å². The monoisotopic (exact) mass is 292 g/mol. The Morgan fingerprint density at radius 3 is 2.55 bits per heavy atom. The molecule has 1 unspecified atom stereocenters. The molecule has 0 aliphatic rings. The zero-order valence-corrected chi connectivity index (χ0v) is 12.4. The van der Waals surface area contributed by atoms with Gasteiger partial charge in [0.2, 0.25) is 0 Å². The minimum absolute atomic E-state index is 0.167. The summed E-state index contributed by atoms with van der Waals surface area (Å²) in [6.07, 6.45) is 1.74. The fraction of sp³-hybridized carbons (Fsp3) is 0.267. The Morgan fingerprint density at radius 1 is 1.15 bits per heavy atom. The van der Waals surface area contributed by atoms with E-state index in [1.54, 1.807) is 26.5 Å². The Balaban J connectivity index is 2.55. The minimum Gasteiger partial charge on any atom is -0.496 e. The number of halogens is 1. The van der Waals surface area contributed by atoms with Crippen molar-refractivity contribution < 1.29 is 9.47 Å². The maximum Gasteiger partial charge on any atom is 0.142 e. The van der Waals surface area contributed by atoms with Gasteiger partial charge in [-0.2, -0.15) is 0 Å². The molecule has 2 aromatic rings. The first-order chi connectivity index (χ1) is 9.71. The molecule has 0 bridgehead atoms. The normalized spacial score (nSPS) is 12.0. The molecule has 0 saturated heterocycles. The highest BCUT2D eigenvalue weighted by Crippen LogP contribution is 2.34. The highest BCUT2D eigenvalue weighted by atomic mass is 35.5. The van der Waals surface area contributed by atoms with Gasteiger partial charge in [0, 0.05) is 16.8 Å². The highest BCUT2D eigenvalue weighted by molar-refractivity contribution is 6.30. The van der Waals surface area contributed by atoms with Crippen LogP contribution in [0.25, 0.3) is 0 Å². The molecule has 1 heterocycles. The van der Waals surface area contributed by atoms with Crippen LogP contribution in [0.3, 0.4) is 0 Å². The van der Waals surface area contributed by atoms with Crippen LogP contribution >= 0.6 is 11.6 Å². The van der Waals surface area contributed by atoms with Crippen molar-refractivity contribution in [1.82, 2.24) is 10.3 Å². The molecule has 0 amide bonds. The lowest BCUT2D eigenvalue weighted by atomic mass is 10.0. The van der Waals surface area contributed by atoms with E-state index in [4.69, 9.17) is 21.1 Å². The number of nitrogens with one attached hydrogen (secondary N) is 1. The maximum atomic E-state index is 6.10. The van der Waals surface area contributed by atoms with Gasteiger partial charge in [-0.3, -0.25) is 4.98 Å². The van der Waals surface area contributed by atoms with Gasteiger partial charge in [-0.05, 0) is 37.4 Å². The third-order valence-electron chi connectivity index (χ3n) is 3.08. The van der Waals surface area contributed by atoms with Crippen LogP contribution in [-0.2, 0) is 0 Å². The second-order valence-corrected chi connectivity index (χ2v) is 4.64. The number of aromatic nitrogens is 1. The molecule has 0 saturated carbocycles. The highest BCUT2D eigenvalue weighted by Gasteiger charge is 2.21. The van der Waals surface area contributed by atoms with Crippen molar-refractivity contribution in [3.05, 3.63) is 52.8 Å². The van der Waals surface area contributed by atoms with Crippen molar-refractivity contribution in [3.8, 4) is 11.5 Å². The Bertz CT molecular complexity index is 590. The summed E-state index contributed by atoms with van der Waals surface area (Å²) in [6.45, 7) is 0. The molecule has 1 aromatic heterocycles. The van der Waals surface area contributed by atoms with Crippen LogP contribution in [0.5, 0.6) is 11.5 Å². The summed E-state index contributed by atoms with van der Waals surface area (Å²) in [6, 6.07) is 9.06. The molecule has 0 aliphatic carbocycles. The topological polar surface area (TPSA) is 43.4 Å². The van der Waals surface area contributed by atoms with Gasteiger partial charge in [-0.25, -0.2) is 0 Å². The molecular formula is C15H17ClN2O2. The molecule has 20 heavy (non-hydrogen) atoms. The third-order valence-corrected chi connectivity index (χ3v) is 3.32. The minimum atomic E-state index is -0.167. The SMILES string of the molecule is CNC(c1cc(Cl)ccc1OC)c1ncccc1OC. The molecule has 1 aromatic carbocycles. The van der Waals surface area contributed by atoms with Gasteiger partial charge >= 0.3 is 0 Å². The van der Waals surface area contributed by atoms with E-state index >= 15 is 0 Å². The van der Waals surface area contributed by atoms with E-state index in [2.05, 4.69) is 10.3 Å². The molecule has 2 rings (SSSR count). The van der Waals surface area contributed by atoms with Gasteiger partial charge in [-0.1, -0.05) is 11.6 Å². The van der Waals surface area contributed by atoms with E-state index in [-0.39, 0.29) is 6.04 Å². The van der Waals surface area contributed by atoms with Crippen molar-refractivity contribution in [1.29, 1.82) is 0 Å². The summed E-state index contributed by atoms with van der Waals surface area (Å²) in [5.74, 6) is 1.47. The first-order valence-corrected chi connectivity index (χ1v) is 6.58. The lowest BCUT2D eigenvalue weighted by Gasteiger charge is -2.21. The second kappa shape index (κ2) is 6.59. The van der Waals surface area contributed by atoms with E-state index in [0.29, 0.717) is 10.8 Å². The number of pyridine rings is 1. The first kappa shape index (κ1) is 14.6. The predicted molar refractivity (Wildman–Crippen MR) is 79.7 cm³/mol. The zero-order valence-electron chi connectivity index (χ0n) is 11.7. The van der Waals surface area contributed by atoms with Gasteiger partial charge in [0.05, 0.1) is 20.3 Å². The van der Waals surface area contributed by atoms with Crippen LogP contribution in [0.4, 0.5) is 0 Å². The van der Waals surface area contributed by atoms with Gasteiger partial charge in [0.15, 0.2) is 0 Å². The van der Waals surface area contributed by atoms with Gasteiger partial charge in [0.1, 0.15) is 17.2 Å². The number of benzene rings is 1. The first-order valence-electron chi connectivity index (χ1n) is 6.20. The summed E-state index contributed by atoms with van der Waals surface area (Å²) in [5.41, 5.74) is 1.71. The van der Waals surface area contributed by atoms with Gasteiger partial charge in [0.25, 0.3) is 0 Å². The molecule has 0 radical (unpaired) electrons. The number of nitrogens with zero attached hydrogens (tertiary/aromatic N) is 1. The van der Waals surface area contributed by atoms with E-state index in [1.807, 2.05) is 31.3 Å². The number of hydrogen-bond acceptors (Lipinski definition) is 4. The Hall–Kier alpha value is -1.78. The Kier molecular flexibility index (Phi) is 4.82. The lowest BCUT2D eigenvalue weighted by molar-refractivity contribution is 0.393. The van der Waals surface area contributed by atoms with Crippen LogP contribution < -0.4 is 14.8 Å². The van der Waals surface area contributed by atoms with Crippen molar-refractivity contribution in [2.24, 2.45) is 0 Å². The van der Waals surface area contributed by atoms with E-state index < -0.39 is 0 Å². The quantitative estimate of drug-likeness (QED) is 0.920. The molecule has 1 N–H and O–H groups in total. The summed E-state index contributed by atoms with van der Waals surface area (Å²) in [5, 5.41) is 3.88. The summed E-state index contributed by atoms with van der Waals surface area (Å²) in [4.78, 5) is 4.42. The summed E-state index contributed by atoms with van der Waals surface area (Å²) >= 11 is 6.10. The van der Waals surface area contributed by atoms with E-state index in [1.165, 1.54) is 0 Å². The maximum absolute atomic E-state index is 6.10. The largest absolute Gasteiger partial charge is 0.496 e.